The fraction of sp³-hybridized carbons (Fsp3) is 0.655. The first kappa shape index (κ1) is 34.8. The molecule has 6 heteroatoms. The second kappa shape index (κ2) is 27.9. The second-order valence-corrected chi connectivity index (χ2v) is 8.08. The summed E-state index contributed by atoms with van der Waals surface area (Å²) in [4.78, 5) is 12.1. The first-order valence-corrected chi connectivity index (χ1v) is 14.0. The normalized spacial score (nSPS) is 10.7. The first-order valence-electron chi connectivity index (χ1n) is 14.0. The van der Waals surface area contributed by atoms with E-state index in [1.807, 2.05) is 52.0 Å². The van der Waals surface area contributed by atoms with Crippen LogP contribution in [0.5, 0.6) is 0 Å². The number of hydrazone groups is 1. The van der Waals surface area contributed by atoms with E-state index in [-0.39, 0.29) is 5.91 Å². The molecule has 6 nitrogen and oxygen atoms in total. The summed E-state index contributed by atoms with van der Waals surface area (Å²) in [5.74, 6) is 11.0. The third kappa shape index (κ3) is 20.7. The molecule has 0 aliphatic heterocycles. The predicted molar refractivity (Wildman–Crippen MR) is 155 cm³/mol. The van der Waals surface area contributed by atoms with Gasteiger partial charge in [0.25, 0.3) is 0 Å². The lowest BCUT2D eigenvalue weighted by atomic mass is 10.1. The lowest BCUT2D eigenvalue weighted by Crippen LogP contribution is -2.32. The average Bonchev–Trinajstić information content (AvgIpc) is 2.90. The molecule has 1 aromatic rings. The van der Waals surface area contributed by atoms with Crippen LogP contribution in [0.2, 0.25) is 0 Å². The first-order chi connectivity index (χ1) is 17.2. The van der Waals surface area contributed by atoms with Crippen LogP contribution in [-0.2, 0) is 4.79 Å². The molecule has 6 N–H and O–H groups in total. The minimum absolute atomic E-state index is 0.0510. The maximum Gasteiger partial charge on any atom is 0.224 e. The van der Waals surface area contributed by atoms with Crippen LogP contribution in [-0.4, -0.2) is 11.7 Å². The standard InChI is InChI=1S/C25H43N5O.2C2H6/c1-2-3-4-5-6-7-8-9-10-11-12-13-14-15-16-17-24(31)28-23-20-18-22(19-21-23)25(29-26)30-27;2*1-2/h9-10,18-21H,2-8,11-17,26-27H2,1H3,(H,28,31)(H,29,30);2*1-2H3/b10-9-;;. The molecule has 0 unspecified atom stereocenters. The Labute approximate surface area is 216 Å². The van der Waals surface area contributed by atoms with Gasteiger partial charge in [0, 0.05) is 17.7 Å². The SMILES string of the molecule is CC.CC.CCCCCCCC/C=C\CCCCCCCC(=O)Nc1ccc(/C(=N/N)NN)cc1. The van der Waals surface area contributed by atoms with Crippen molar-refractivity contribution in [2.24, 2.45) is 16.8 Å². The molecule has 1 amide bonds. The zero-order valence-corrected chi connectivity index (χ0v) is 23.4. The minimum Gasteiger partial charge on any atom is -0.326 e. The number of nitrogens with two attached hydrogens (primary N) is 2. The van der Waals surface area contributed by atoms with Crippen LogP contribution < -0.4 is 22.4 Å². The molecule has 0 saturated carbocycles. The van der Waals surface area contributed by atoms with Gasteiger partial charge in [-0.2, -0.15) is 5.10 Å². The summed E-state index contributed by atoms with van der Waals surface area (Å²) in [5.41, 5.74) is 3.96. The molecule has 35 heavy (non-hydrogen) atoms. The molecule has 0 radical (unpaired) electrons. The number of carbonyl (C=O) groups is 1. The van der Waals surface area contributed by atoms with Gasteiger partial charge in [-0.15, -0.1) is 0 Å². The van der Waals surface area contributed by atoms with E-state index < -0.39 is 0 Å². The van der Waals surface area contributed by atoms with Crippen molar-refractivity contribution in [3.63, 3.8) is 0 Å². The van der Waals surface area contributed by atoms with Crippen molar-refractivity contribution in [1.29, 1.82) is 0 Å². The van der Waals surface area contributed by atoms with Crippen molar-refractivity contribution in [2.45, 2.75) is 125 Å². The van der Waals surface area contributed by atoms with Crippen molar-refractivity contribution < 1.29 is 4.79 Å². The zero-order chi connectivity index (χ0) is 26.6. The van der Waals surface area contributed by atoms with Gasteiger partial charge >= 0.3 is 0 Å². The Kier molecular flexibility index (Phi) is 27.8. The van der Waals surface area contributed by atoms with Crippen LogP contribution in [0.4, 0.5) is 5.69 Å². The Bertz CT molecular complexity index is 641. The second-order valence-electron chi connectivity index (χ2n) is 8.08. The molecule has 0 bridgehead atoms. The van der Waals surface area contributed by atoms with Crippen LogP contribution in [0.25, 0.3) is 0 Å². The Morgan fingerprint density at radius 1 is 0.800 bits per heavy atom. The van der Waals surface area contributed by atoms with Crippen molar-refractivity contribution in [1.82, 2.24) is 5.43 Å². The summed E-state index contributed by atoms with van der Waals surface area (Å²) in [5, 5.41) is 6.48. The van der Waals surface area contributed by atoms with Crippen LogP contribution in [0.15, 0.2) is 41.5 Å². The average molecular weight is 490 g/mol. The number of anilines is 1. The van der Waals surface area contributed by atoms with Crippen molar-refractivity contribution in [2.75, 3.05) is 5.32 Å². The van der Waals surface area contributed by atoms with Gasteiger partial charge in [-0.05, 0) is 56.4 Å². The van der Waals surface area contributed by atoms with Crippen LogP contribution in [0.3, 0.4) is 0 Å². The minimum atomic E-state index is 0.0510. The lowest BCUT2D eigenvalue weighted by molar-refractivity contribution is -0.116. The van der Waals surface area contributed by atoms with Gasteiger partial charge in [-0.1, -0.05) is 98.1 Å². The topological polar surface area (TPSA) is 106 Å². The monoisotopic (exact) mass is 489 g/mol. The smallest absolute Gasteiger partial charge is 0.224 e. The van der Waals surface area contributed by atoms with E-state index in [0.29, 0.717) is 12.3 Å². The van der Waals surface area contributed by atoms with Gasteiger partial charge in [0.1, 0.15) is 0 Å². The van der Waals surface area contributed by atoms with Gasteiger partial charge in [-0.25, -0.2) is 5.84 Å². The van der Waals surface area contributed by atoms with Crippen molar-refractivity contribution in [3.05, 3.63) is 42.0 Å². The highest BCUT2D eigenvalue weighted by Gasteiger charge is 2.04. The molecule has 0 aliphatic carbocycles. The maximum absolute atomic E-state index is 12.1. The summed E-state index contributed by atoms with van der Waals surface area (Å²) < 4.78 is 0. The molecule has 0 fully saturated rings. The molecular formula is C29H55N5O. The van der Waals surface area contributed by atoms with E-state index in [1.165, 1.54) is 70.6 Å². The number of hydrazine groups is 1. The number of unbranched alkanes of at least 4 members (excludes halogenated alkanes) is 11. The third-order valence-electron chi connectivity index (χ3n) is 5.37. The summed E-state index contributed by atoms with van der Waals surface area (Å²) in [6, 6.07) is 7.25. The van der Waals surface area contributed by atoms with E-state index in [9.17, 15) is 4.79 Å². The van der Waals surface area contributed by atoms with Crippen molar-refractivity contribution >= 4 is 17.4 Å². The summed E-state index contributed by atoms with van der Waals surface area (Å²) in [7, 11) is 0. The summed E-state index contributed by atoms with van der Waals surface area (Å²) >= 11 is 0. The highest BCUT2D eigenvalue weighted by atomic mass is 16.1. The number of carbonyl (C=O) groups excluding carboxylic acids is 1. The van der Waals surface area contributed by atoms with E-state index in [4.69, 9.17) is 11.7 Å². The fourth-order valence-corrected chi connectivity index (χ4v) is 3.49. The Balaban J connectivity index is 0. The molecule has 0 spiro atoms. The van der Waals surface area contributed by atoms with Gasteiger partial charge in [0.05, 0.1) is 0 Å². The van der Waals surface area contributed by atoms with Crippen LogP contribution in [0.1, 0.15) is 130 Å². The zero-order valence-electron chi connectivity index (χ0n) is 23.4. The van der Waals surface area contributed by atoms with Gasteiger partial charge in [0.2, 0.25) is 5.91 Å². The number of amidine groups is 1. The Hall–Kier alpha value is -2.34. The van der Waals surface area contributed by atoms with Gasteiger partial charge in [-0.3, -0.25) is 4.79 Å². The number of nitrogens with one attached hydrogen (secondary N) is 2. The molecule has 0 aromatic heterocycles. The quantitative estimate of drug-likeness (QED) is 0.0447. The molecule has 202 valence electrons. The van der Waals surface area contributed by atoms with Gasteiger partial charge in [0.15, 0.2) is 5.84 Å². The number of rotatable bonds is 17. The highest BCUT2D eigenvalue weighted by molar-refractivity contribution is 5.99. The molecule has 0 aliphatic rings. The molecule has 0 saturated heterocycles. The van der Waals surface area contributed by atoms with Crippen molar-refractivity contribution in [3.8, 4) is 0 Å². The predicted octanol–water partition coefficient (Wildman–Crippen LogP) is 7.80. The van der Waals surface area contributed by atoms with E-state index in [2.05, 4.69) is 34.9 Å². The highest BCUT2D eigenvalue weighted by Crippen LogP contribution is 2.13. The Morgan fingerprint density at radius 3 is 1.77 bits per heavy atom. The number of hydrogen-bond donors (Lipinski definition) is 4. The lowest BCUT2D eigenvalue weighted by Gasteiger charge is -2.07. The molecule has 1 rings (SSSR count). The molecule has 1 aromatic carbocycles. The van der Waals surface area contributed by atoms with Crippen LogP contribution in [0, 0.1) is 0 Å². The summed E-state index contributed by atoms with van der Waals surface area (Å²) in [6.45, 7) is 10.3. The largest absolute Gasteiger partial charge is 0.326 e. The van der Waals surface area contributed by atoms with E-state index >= 15 is 0 Å². The number of nitrogens with zero attached hydrogens (tertiary/aromatic N) is 1. The molecule has 0 atom stereocenters. The number of hydrogen-bond acceptors (Lipinski definition) is 4. The number of benzene rings is 1. The maximum atomic E-state index is 12.1. The Morgan fingerprint density at radius 2 is 1.29 bits per heavy atom. The molecular weight excluding hydrogens is 434 g/mol. The van der Waals surface area contributed by atoms with Gasteiger partial charge < -0.3 is 16.6 Å². The molecule has 0 heterocycles. The number of allylic oxidation sites excluding steroid dienone is 2. The van der Waals surface area contributed by atoms with E-state index in [0.717, 1.165) is 24.1 Å². The third-order valence-corrected chi connectivity index (χ3v) is 5.37. The number of amides is 1. The van der Waals surface area contributed by atoms with E-state index in [1.54, 1.807) is 0 Å². The van der Waals surface area contributed by atoms with Crippen LogP contribution >= 0.6 is 0 Å². The summed E-state index contributed by atoms with van der Waals surface area (Å²) in [6.07, 6.45) is 21.6. The fourth-order valence-electron chi connectivity index (χ4n) is 3.49.